The van der Waals surface area contributed by atoms with Crippen molar-refractivity contribution in [3.8, 4) is 5.88 Å². The molecular formula is C24H17F6N7OS. The summed E-state index contributed by atoms with van der Waals surface area (Å²) in [5.41, 5.74) is -2.42. The van der Waals surface area contributed by atoms with Gasteiger partial charge in [-0.1, -0.05) is 23.5 Å². The van der Waals surface area contributed by atoms with E-state index in [2.05, 4.69) is 35.7 Å². The molecular weight excluding hydrogens is 548 g/mol. The van der Waals surface area contributed by atoms with Crippen molar-refractivity contribution >= 4 is 28.3 Å². The van der Waals surface area contributed by atoms with Crippen molar-refractivity contribution in [2.45, 2.75) is 32.2 Å². The van der Waals surface area contributed by atoms with Gasteiger partial charge in [0.15, 0.2) is 11.0 Å². The maximum absolute atomic E-state index is 13.9. The van der Waals surface area contributed by atoms with Gasteiger partial charge in [0.1, 0.15) is 5.82 Å². The van der Waals surface area contributed by atoms with Crippen LogP contribution < -0.4 is 15.9 Å². The highest BCUT2D eigenvalue weighted by Gasteiger charge is 2.38. The zero-order valence-corrected chi connectivity index (χ0v) is 20.6. The molecule has 39 heavy (non-hydrogen) atoms. The van der Waals surface area contributed by atoms with Crippen LogP contribution in [0.2, 0.25) is 0 Å². The van der Waals surface area contributed by atoms with E-state index in [4.69, 9.17) is 0 Å². The number of rotatable bonds is 6. The minimum Gasteiger partial charge on any atom is -0.492 e. The lowest BCUT2D eigenvalue weighted by Crippen LogP contribution is -2.18. The first-order valence-electron chi connectivity index (χ1n) is 11.2. The van der Waals surface area contributed by atoms with Gasteiger partial charge in [0, 0.05) is 12.0 Å². The normalized spacial score (nSPS) is 13.8. The SMILES string of the molecule is Cc1nc(CNc2nc(O)c(C(Cc3ccc(C(F)(F)F)cc3C(F)(F)F)=c3ccc4c(c3)C=NN=4)s2)n[nH]1. The van der Waals surface area contributed by atoms with Crippen LogP contribution in [0, 0.1) is 6.92 Å². The Kier molecular flexibility index (Phi) is 6.62. The highest BCUT2D eigenvalue weighted by Crippen LogP contribution is 2.40. The summed E-state index contributed by atoms with van der Waals surface area (Å²) >= 11 is 0.968. The summed E-state index contributed by atoms with van der Waals surface area (Å²) in [6, 6.07) is 6.34. The first kappa shape index (κ1) is 26.3. The van der Waals surface area contributed by atoms with E-state index >= 15 is 0 Å². The van der Waals surface area contributed by atoms with Gasteiger partial charge in [0.25, 0.3) is 0 Å². The third-order valence-corrected chi connectivity index (χ3v) is 6.83. The summed E-state index contributed by atoms with van der Waals surface area (Å²) < 4.78 is 81.4. The minimum absolute atomic E-state index is 0.0968. The van der Waals surface area contributed by atoms with E-state index in [1.54, 1.807) is 25.1 Å². The average molecular weight is 566 g/mol. The summed E-state index contributed by atoms with van der Waals surface area (Å²) in [6.45, 7) is 1.87. The first-order chi connectivity index (χ1) is 18.4. The lowest BCUT2D eigenvalue weighted by molar-refractivity contribution is -0.143. The fraction of sp³-hybridized carbons (Fsp3) is 0.208. The summed E-state index contributed by atoms with van der Waals surface area (Å²) in [5, 5.41) is 29.3. The van der Waals surface area contributed by atoms with Gasteiger partial charge in [-0.3, -0.25) is 5.10 Å². The van der Waals surface area contributed by atoms with Crippen LogP contribution in [0.25, 0.3) is 5.57 Å². The third kappa shape index (κ3) is 5.62. The van der Waals surface area contributed by atoms with E-state index in [0.29, 0.717) is 33.9 Å². The topological polar surface area (TPSA) is 111 Å². The fourth-order valence-electron chi connectivity index (χ4n) is 3.97. The molecule has 3 heterocycles. The highest BCUT2D eigenvalue weighted by atomic mass is 32.1. The lowest BCUT2D eigenvalue weighted by Gasteiger charge is -2.17. The molecule has 8 nitrogen and oxygen atoms in total. The number of aryl methyl sites for hydroxylation is 1. The molecule has 3 N–H and O–H groups in total. The first-order valence-corrected chi connectivity index (χ1v) is 12.0. The molecule has 0 spiro atoms. The number of hydrogen-bond donors (Lipinski definition) is 3. The average Bonchev–Trinajstić information content (AvgIpc) is 3.59. The maximum atomic E-state index is 13.9. The number of benzene rings is 2. The largest absolute Gasteiger partial charge is 0.492 e. The number of nitrogens with one attached hydrogen (secondary N) is 2. The predicted molar refractivity (Wildman–Crippen MR) is 130 cm³/mol. The third-order valence-electron chi connectivity index (χ3n) is 5.77. The number of H-pyrrole nitrogens is 1. The second-order valence-corrected chi connectivity index (χ2v) is 9.50. The fourth-order valence-corrected chi connectivity index (χ4v) is 4.89. The van der Waals surface area contributed by atoms with Gasteiger partial charge in [-0.25, -0.2) is 4.98 Å². The van der Waals surface area contributed by atoms with Crippen molar-refractivity contribution in [2.75, 3.05) is 5.32 Å². The Balaban J connectivity index is 1.61. The van der Waals surface area contributed by atoms with Crippen LogP contribution in [0.4, 0.5) is 31.5 Å². The molecule has 0 atom stereocenters. The maximum Gasteiger partial charge on any atom is 0.416 e. The predicted octanol–water partition coefficient (Wildman–Crippen LogP) is 4.33. The van der Waals surface area contributed by atoms with Crippen molar-refractivity contribution in [3.05, 3.63) is 85.8 Å². The van der Waals surface area contributed by atoms with Crippen LogP contribution in [0.15, 0.2) is 46.6 Å². The molecule has 15 heteroatoms. The van der Waals surface area contributed by atoms with E-state index in [1.807, 2.05) is 0 Å². The Morgan fingerprint density at radius 1 is 1.03 bits per heavy atom. The molecule has 1 aliphatic rings. The Hall–Kier alpha value is -4.27. The smallest absolute Gasteiger partial charge is 0.416 e. The van der Waals surface area contributed by atoms with E-state index in [-0.39, 0.29) is 28.2 Å². The van der Waals surface area contributed by atoms with Gasteiger partial charge in [0.2, 0.25) is 5.88 Å². The Morgan fingerprint density at radius 2 is 1.82 bits per heavy atom. The summed E-state index contributed by atoms with van der Waals surface area (Å²) in [4.78, 5) is 8.37. The van der Waals surface area contributed by atoms with E-state index < -0.39 is 41.3 Å². The van der Waals surface area contributed by atoms with E-state index in [9.17, 15) is 31.4 Å². The van der Waals surface area contributed by atoms with Crippen molar-refractivity contribution in [3.63, 3.8) is 0 Å². The molecule has 202 valence electrons. The monoisotopic (exact) mass is 565 g/mol. The van der Waals surface area contributed by atoms with Crippen LogP contribution in [-0.2, 0) is 25.3 Å². The van der Waals surface area contributed by atoms with Gasteiger partial charge in [-0.2, -0.15) is 46.6 Å². The van der Waals surface area contributed by atoms with Crippen LogP contribution in [0.1, 0.15) is 38.8 Å². The van der Waals surface area contributed by atoms with Gasteiger partial charge < -0.3 is 10.4 Å². The van der Waals surface area contributed by atoms with Crippen LogP contribution >= 0.6 is 11.3 Å². The minimum atomic E-state index is -5.05. The number of fused-ring (bicyclic) bond motifs is 1. The molecule has 0 unspecified atom stereocenters. The number of hydrogen-bond acceptors (Lipinski definition) is 8. The number of aromatic amines is 1. The number of anilines is 1. The zero-order valence-electron chi connectivity index (χ0n) is 19.8. The van der Waals surface area contributed by atoms with Crippen molar-refractivity contribution in [1.29, 1.82) is 0 Å². The molecule has 4 aromatic rings. The van der Waals surface area contributed by atoms with Gasteiger partial charge in [-0.05, 0) is 47.5 Å². The lowest BCUT2D eigenvalue weighted by atomic mass is 9.94. The Morgan fingerprint density at radius 3 is 2.51 bits per heavy atom. The zero-order chi connectivity index (χ0) is 27.9. The van der Waals surface area contributed by atoms with Gasteiger partial charge in [0.05, 0.1) is 34.1 Å². The van der Waals surface area contributed by atoms with Crippen molar-refractivity contribution in [2.24, 2.45) is 10.2 Å². The second kappa shape index (κ2) is 9.80. The quantitative estimate of drug-likeness (QED) is 0.302. The number of alkyl halides is 6. The highest BCUT2D eigenvalue weighted by molar-refractivity contribution is 7.16. The Bertz CT molecular complexity index is 1700. The van der Waals surface area contributed by atoms with Gasteiger partial charge in [-0.15, -0.1) is 0 Å². The summed E-state index contributed by atoms with van der Waals surface area (Å²) in [7, 11) is 0. The molecule has 0 saturated carbocycles. The molecule has 1 aliphatic heterocycles. The Labute approximate surface area is 219 Å². The molecule has 2 aromatic heterocycles. The molecule has 2 aromatic carbocycles. The van der Waals surface area contributed by atoms with Gasteiger partial charge >= 0.3 is 12.4 Å². The number of thiazole rings is 1. The molecule has 0 fully saturated rings. The van der Waals surface area contributed by atoms with Crippen LogP contribution in [0.3, 0.4) is 0 Å². The number of aromatic hydroxyl groups is 1. The molecule has 0 amide bonds. The van der Waals surface area contributed by atoms with Crippen LogP contribution in [0.5, 0.6) is 5.88 Å². The standard InChI is InChI=1S/C24H17F6N7OS/c1-11-33-19(37-35-11)10-31-22-34-21(38)20(39-22)16(12-3-5-18-14(6-12)9-32-36-18)7-13-2-4-15(23(25,26)27)8-17(13)24(28,29)30/h2-6,8-9,38H,7,10H2,1H3,(H,31,34)(H,33,35,37). The molecule has 0 bridgehead atoms. The molecule has 0 radical (unpaired) electrons. The summed E-state index contributed by atoms with van der Waals surface area (Å²) in [5.74, 6) is 0.561. The number of aromatic nitrogens is 4. The summed E-state index contributed by atoms with van der Waals surface area (Å²) in [6.07, 6.45) is -8.99. The van der Waals surface area contributed by atoms with Crippen molar-refractivity contribution < 1.29 is 31.4 Å². The number of nitrogens with zero attached hydrogens (tertiary/aromatic N) is 5. The number of halogens is 6. The molecule has 5 rings (SSSR count). The molecule has 0 aliphatic carbocycles. The van der Waals surface area contributed by atoms with E-state index in [0.717, 1.165) is 17.4 Å². The van der Waals surface area contributed by atoms with E-state index in [1.165, 1.54) is 6.21 Å². The molecule has 0 saturated heterocycles. The van der Waals surface area contributed by atoms with Crippen LogP contribution in [-0.4, -0.2) is 31.5 Å². The second-order valence-electron chi connectivity index (χ2n) is 8.50. The van der Waals surface area contributed by atoms with Crippen molar-refractivity contribution in [1.82, 2.24) is 20.2 Å².